The van der Waals surface area contributed by atoms with Gasteiger partial charge < -0.3 is 0 Å². The van der Waals surface area contributed by atoms with E-state index in [0.717, 1.165) is 4.47 Å². The standard InChI is InChI=1S/C13H5BrN4/c14-10-3-1-9(2-4-10)11-12(5-15,6-16)13(11,7-17)8-18/h1-4,11H. The van der Waals surface area contributed by atoms with Crippen molar-refractivity contribution in [2.45, 2.75) is 5.92 Å². The van der Waals surface area contributed by atoms with Crippen LogP contribution in [-0.4, -0.2) is 0 Å². The SMILES string of the molecule is N#CC1(C#N)C(c2ccc(Br)cc2)C1(C#N)C#N. The second-order valence-corrected chi connectivity index (χ2v) is 4.96. The lowest BCUT2D eigenvalue weighted by atomic mass is 9.98. The second-order valence-electron chi connectivity index (χ2n) is 4.05. The summed E-state index contributed by atoms with van der Waals surface area (Å²) in [6.45, 7) is 0. The van der Waals surface area contributed by atoms with Gasteiger partial charge in [0.2, 0.25) is 0 Å². The van der Waals surface area contributed by atoms with Crippen molar-refractivity contribution >= 4 is 15.9 Å². The predicted octanol–water partition coefficient (Wildman–Crippen LogP) is 2.61. The van der Waals surface area contributed by atoms with Crippen molar-refractivity contribution in [1.29, 1.82) is 21.0 Å². The van der Waals surface area contributed by atoms with Crippen LogP contribution in [0.25, 0.3) is 0 Å². The summed E-state index contributed by atoms with van der Waals surface area (Å²) in [5.41, 5.74) is -2.47. The van der Waals surface area contributed by atoms with Crippen LogP contribution in [0.3, 0.4) is 0 Å². The minimum atomic E-state index is -1.57. The highest BCUT2D eigenvalue weighted by molar-refractivity contribution is 9.10. The molecule has 1 saturated carbocycles. The van der Waals surface area contributed by atoms with Gasteiger partial charge in [-0.15, -0.1) is 0 Å². The van der Waals surface area contributed by atoms with Gasteiger partial charge in [-0.05, 0) is 17.7 Å². The first-order valence-corrected chi connectivity index (χ1v) is 5.81. The van der Waals surface area contributed by atoms with Crippen molar-refractivity contribution in [2.75, 3.05) is 0 Å². The van der Waals surface area contributed by atoms with E-state index in [2.05, 4.69) is 15.9 Å². The summed E-state index contributed by atoms with van der Waals surface area (Å²) in [5.74, 6) is -0.678. The zero-order valence-corrected chi connectivity index (χ0v) is 10.6. The van der Waals surface area contributed by atoms with Crippen LogP contribution in [0, 0.1) is 56.2 Å². The van der Waals surface area contributed by atoms with Gasteiger partial charge in [-0.1, -0.05) is 28.1 Å². The topological polar surface area (TPSA) is 95.2 Å². The van der Waals surface area contributed by atoms with Gasteiger partial charge in [0.1, 0.15) is 0 Å². The van der Waals surface area contributed by atoms with E-state index in [4.69, 9.17) is 21.0 Å². The molecule has 0 bridgehead atoms. The smallest absolute Gasteiger partial charge is 0.185 e. The second kappa shape index (κ2) is 3.85. The van der Waals surface area contributed by atoms with Gasteiger partial charge in [-0.2, -0.15) is 21.0 Å². The summed E-state index contributed by atoms with van der Waals surface area (Å²) in [6, 6.07) is 14.3. The van der Waals surface area contributed by atoms with E-state index < -0.39 is 16.7 Å². The third kappa shape index (κ3) is 1.20. The molecule has 84 valence electrons. The van der Waals surface area contributed by atoms with E-state index in [0.29, 0.717) is 5.56 Å². The summed E-state index contributed by atoms with van der Waals surface area (Å²) in [7, 11) is 0. The summed E-state index contributed by atoms with van der Waals surface area (Å²) < 4.78 is 0.853. The van der Waals surface area contributed by atoms with Gasteiger partial charge in [0.15, 0.2) is 10.8 Å². The molecule has 18 heavy (non-hydrogen) atoms. The highest BCUT2D eigenvalue weighted by Crippen LogP contribution is 2.73. The molecule has 2 rings (SSSR count). The lowest BCUT2D eigenvalue weighted by Gasteiger charge is -1.99. The number of benzene rings is 1. The molecule has 1 aromatic carbocycles. The van der Waals surface area contributed by atoms with Crippen LogP contribution in [0.5, 0.6) is 0 Å². The van der Waals surface area contributed by atoms with E-state index in [1.165, 1.54) is 0 Å². The van der Waals surface area contributed by atoms with Crippen LogP contribution in [0.1, 0.15) is 11.5 Å². The molecule has 0 N–H and O–H groups in total. The zero-order chi connectivity index (χ0) is 13.4. The summed E-state index contributed by atoms with van der Waals surface area (Å²) >= 11 is 3.28. The Hall–Kier alpha value is -2.34. The van der Waals surface area contributed by atoms with Crippen molar-refractivity contribution in [1.82, 2.24) is 0 Å². The highest BCUT2D eigenvalue weighted by Gasteiger charge is 2.81. The van der Waals surface area contributed by atoms with Crippen LogP contribution in [0.15, 0.2) is 28.7 Å². The maximum Gasteiger partial charge on any atom is 0.185 e. The molecular weight excluding hydrogens is 292 g/mol. The fraction of sp³-hybridized carbons (Fsp3) is 0.231. The molecule has 0 amide bonds. The molecule has 0 atom stereocenters. The van der Waals surface area contributed by atoms with Crippen LogP contribution in [0.2, 0.25) is 0 Å². The van der Waals surface area contributed by atoms with Gasteiger partial charge >= 0.3 is 0 Å². The Morgan fingerprint density at radius 2 is 1.22 bits per heavy atom. The molecule has 0 radical (unpaired) electrons. The maximum absolute atomic E-state index is 9.16. The zero-order valence-electron chi connectivity index (χ0n) is 9.05. The molecular formula is C13H5BrN4. The molecule has 0 saturated heterocycles. The summed E-state index contributed by atoms with van der Waals surface area (Å²) in [5, 5.41) is 36.6. The molecule has 1 aromatic rings. The average molecular weight is 297 g/mol. The van der Waals surface area contributed by atoms with Crippen molar-refractivity contribution in [3.63, 3.8) is 0 Å². The number of hydrogen-bond donors (Lipinski definition) is 0. The molecule has 0 unspecified atom stereocenters. The first kappa shape index (κ1) is 12.1. The maximum atomic E-state index is 9.16. The molecule has 0 aromatic heterocycles. The summed E-state index contributed by atoms with van der Waals surface area (Å²) in [4.78, 5) is 0. The molecule has 0 heterocycles. The van der Waals surface area contributed by atoms with Crippen molar-refractivity contribution in [2.24, 2.45) is 10.8 Å². The monoisotopic (exact) mass is 296 g/mol. The van der Waals surface area contributed by atoms with Crippen LogP contribution in [-0.2, 0) is 0 Å². The number of halogens is 1. The average Bonchev–Trinajstić information content (AvgIpc) is 3.02. The van der Waals surface area contributed by atoms with Gasteiger partial charge in [-0.3, -0.25) is 0 Å². The highest BCUT2D eigenvalue weighted by atomic mass is 79.9. The molecule has 1 aliphatic carbocycles. The quantitative estimate of drug-likeness (QED) is 0.796. The minimum absolute atomic E-state index is 0.657. The van der Waals surface area contributed by atoms with E-state index in [1.54, 1.807) is 24.3 Å². The Morgan fingerprint density at radius 1 is 0.833 bits per heavy atom. The number of nitriles is 4. The number of rotatable bonds is 1. The molecule has 1 fully saturated rings. The molecule has 5 heteroatoms. The van der Waals surface area contributed by atoms with E-state index >= 15 is 0 Å². The molecule has 4 nitrogen and oxygen atoms in total. The molecule has 0 spiro atoms. The number of nitrogens with zero attached hydrogens (tertiary/aromatic N) is 4. The Labute approximate surface area is 112 Å². The van der Waals surface area contributed by atoms with Gasteiger partial charge in [-0.25, -0.2) is 0 Å². The van der Waals surface area contributed by atoms with Crippen LogP contribution in [0.4, 0.5) is 0 Å². The Kier molecular flexibility index (Phi) is 2.59. The van der Waals surface area contributed by atoms with Crippen LogP contribution >= 0.6 is 15.9 Å². The fourth-order valence-corrected chi connectivity index (χ4v) is 2.56. The van der Waals surface area contributed by atoms with Gasteiger partial charge in [0, 0.05) is 4.47 Å². The third-order valence-corrected chi connectivity index (χ3v) is 3.84. The molecule has 0 aliphatic heterocycles. The van der Waals surface area contributed by atoms with E-state index in [9.17, 15) is 0 Å². The Balaban J connectivity index is 2.58. The Morgan fingerprint density at radius 3 is 1.56 bits per heavy atom. The van der Waals surface area contributed by atoms with E-state index in [-0.39, 0.29) is 0 Å². The first-order chi connectivity index (χ1) is 8.61. The van der Waals surface area contributed by atoms with Gasteiger partial charge in [0.25, 0.3) is 0 Å². The van der Waals surface area contributed by atoms with E-state index in [1.807, 2.05) is 24.3 Å². The predicted molar refractivity (Wildman–Crippen MR) is 64.2 cm³/mol. The normalized spacial score (nSPS) is 18.7. The summed E-state index contributed by atoms with van der Waals surface area (Å²) in [6.07, 6.45) is 0. The Bertz CT molecular complexity index is 597. The van der Waals surface area contributed by atoms with Crippen molar-refractivity contribution < 1.29 is 0 Å². The minimum Gasteiger partial charge on any atom is -0.196 e. The lowest BCUT2D eigenvalue weighted by Crippen LogP contribution is -2.05. The van der Waals surface area contributed by atoms with Crippen LogP contribution < -0.4 is 0 Å². The third-order valence-electron chi connectivity index (χ3n) is 3.31. The lowest BCUT2D eigenvalue weighted by molar-refractivity contribution is 0.727. The first-order valence-electron chi connectivity index (χ1n) is 5.02. The largest absolute Gasteiger partial charge is 0.196 e. The number of hydrogen-bond acceptors (Lipinski definition) is 4. The van der Waals surface area contributed by atoms with Gasteiger partial charge in [0.05, 0.1) is 30.2 Å². The van der Waals surface area contributed by atoms with Crippen molar-refractivity contribution in [3.8, 4) is 24.3 Å². The molecule has 1 aliphatic rings. The fourth-order valence-electron chi connectivity index (χ4n) is 2.29. The van der Waals surface area contributed by atoms with Crippen molar-refractivity contribution in [3.05, 3.63) is 34.3 Å².